The Balaban J connectivity index is 2.42. The SMILES string of the molecule is C=C(C)C(=O)Nc1nc2nc[nH]c2c(=O)[nH]1. The van der Waals surface area contributed by atoms with E-state index in [0.717, 1.165) is 0 Å². The van der Waals surface area contributed by atoms with E-state index in [2.05, 4.69) is 31.8 Å². The molecule has 0 radical (unpaired) electrons. The Hall–Kier alpha value is -2.44. The Morgan fingerprint density at radius 2 is 2.31 bits per heavy atom. The fraction of sp³-hybridized carbons (Fsp3) is 0.111. The molecule has 0 aliphatic rings. The molecule has 2 aromatic rings. The molecule has 0 saturated heterocycles. The van der Waals surface area contributed by atoms with Crippen LogP contribution in [-0.2, 0) is 4.79 Å². The average Bonchev–Trinajstić information content (AvgIpc) is 2.65. The first-order valence-corrected chi connectivity index (χ1v) is 4.48. The smallest absolute Gasteiger partial charge is 0.278 e. The van der Waals surface area contributed by atoms with Crippen molar-refractivity contribution in [2.75, 3.05) is 5.32 Å². The number of carbonyl (C=O) groups excluding carboxylic acids is 1. The number of H-pyrrole nitrogens is 2. The average molecular weight is 219 g/mol. The van der Waals surface area contributed by atoms with Gasteiger partial charge in [-0.15, -0.1) is 0 Å². The van der Waals surface area contributed by atoms with E-state index in [1.54, 1.807) is 6.92 Å². The number of carbonyl (C=O) groups is 1. The standard InChI is InChI=1S/C9H9N5O2/c1-4(2)7(15)13-9-12-6-5(8(16)14-9)10-3-11-6/h3H,1H2,2H3,(H3,10,11,12,13,14,15,16). The fourth-order valence-electron chi connectivity index (χ4n) is 1.12. The Labute approximate surface area is 89.6 Å². The number of nitrogens with one attached hydrogen (secondary N) is 3. The third kappa shape index (κ3) is 1.70. The number of imidazole rings is 1. The quantitative estimate of drug-likeness (QED) is 0.626. The third-order valence-electron chi connectivity index (χ3n) is 1.92. The first-order chi connectivity index (χ1) is 7.58. The third-order valence-corrected chi connectivity index (χ3v) is 1.92. The molecule has 0 aromatic carbocycles. The molecular formula is C9H9N5O2. The molecule has 82 valence electrons. The monoisotopic (exact) mass is 219 g/mol. The minimum Gasteiger partial charge on any atom is -0.339 e. The van der Waals surface area contributed by atoms with Crippen molar-refractivity contribution < 1.29 is 4.79 Å². The summed E-state index contributed by atoms with van der Waals surface area (Å²) < 4.78 is 0. The summed E-state index contributed by atoms with van der Waals surface area (Å²) in [7, 11) is 0. The van der Waals surface area contributed by atoms with E-state index in [1.165, 1.54) is 6.33 Å². The highest BCUT2D eigenvalue weighted by atomic mass is 16.2. The zero-order chi connectivity index (χ0) is 11.7. The van der Waals surface area contributed by atoms with E-state index < -0.39 is 5.91 Å². The number of amides is 1. The van der Waals surface area contributed by atoms with Crippen LogP contribution in [0.3, 0.4) is 0 Å². The lowest BCUT2D eigenvalue weighted by atomic mass is 10.3. The van der Waals surface area contributed by atoms with Gasteiger partial charge in [-0.3, -0.25) is 19.9 Å². The topological polar surface area (TPSA) is 104 Å². The minimum absolute atomic E-state index is 0.0533. The number of nitrogens with zero attached hydrogens (tertiary/aromatic N) is 2. The number of aromatic nitrogens is 4. The van der Waals surface area contributed by atoms with Crippen LogP contribution in [-0.4, -0.2) is 25.8 Å². The van der Waals surface area contributed by atoms with Crippen molar-refractivity contribution in [2.24, 2.45) is 0 Å². The number of hydrogen-bond acceptors (Lipinski definition) is 4. The van der Waals surface area contributed by atoms with Gasteiger partial charge < -0.3 is 4.98 Å². The van der Waals surface area contributed by atoms with Gasteiger partial charge >= 0.3 is 0 Å². The van der Waals surface area contributed by atoms with Crippen LogP contribution < -0.4 is 10.9 Å². The van der Waals surface area contributed by atoms with E-state index in [-0.39, 0.29) is 22.7 Å². The summed E-state index contributed by atoms with van der Waals surface area (Å²) in [4.78, 5) is 35.6. The van der Waals surface area contributed by atoms with E-state index in [9.17, 15) is 9.59 Å². The molecule has 2 rings (SSSR count). The van der Waals surface area contributed by atoms with E-state index in [4.69, 9.17) is 0 Å². The molecule has 0 atom stereocenters. The predicted molar refractivity (Wildman–Crippen MR) is 58.0 cm³/mol. The summed E-state index contributed by atoms with van der Waals surface area (Å²) in [5.41, 5.74) is 0.457. The van der Waals surface area contributed by atoms with Crippen LogP contribution in [0.4, 0.5) is 5.95 Å². The molecule has 0 bridgehead atoms. The van der Waals surface area contributed by atoms with Crippen LogP contribution in [0.15, 0.2) is 23.3 Å². The van der Waals surface area contributed by atoms with Crippen molar-refractivity contribution in [3.05, 3.63) is 28.8 Å². The van der Waals surface area contributed by atoms with Gasteiger partial charge in [0.2, 0.25) is 5.95 Å². The largest absolute Gasteiger partial charge is 0.339 e. The molecule has 0 fully saturated rings. The first-order valence-electron chi connectivity index (χ1n) is 4.48. The van der Waals surface area contributed by atoms with E-state index in [1.807, 2.05) is 0 Å². The normalized spacial score (nSPS) is 10.3. The highest BCUT2D eigenvalue weighted by Gasteiger charge is 2.08. The molecule has 3 N–H and O–H groups in total. The molecule has 0 saturated carbocycles. The van der Waals surface area contributed by atoms with Gasteiger partial charge in [-0.25, -0.2) is 4.98 Å². The van der Waals surface area contributed by atoms with Crippen molar-refractivity contribution in [1.82, 2.24) is 19.9 Å². The molecule has 1 amide bonds. The highest BCUT2D eigenvalue weighted by Crippen LogP contribution is 2.03. The molecule has 7 nitrogen and oxygen atoms in total. The maximum absolute atomic E-state index is 11.5. The minimum atomic E-state index is -0.405. The Morgan fingerprint density at radius 3 is 3.00 bits per heavy atom. The van der Waals surface area contributed by atoms with Crippen molar-refractivity contribution in [3.8, 4) is 0 Å². The van der Waals surface area contributed by atoms with E-state index >= 15 is 0 Å². The van der Waals surface area contributed by atoms with Crippen LogP contribution in [0.5, 0.6) is 0 Å². The fourth-order valence-corrected chi connectivity index (χ4v) is 1.12. The highest BCUT2D eigenvalue weighted by molar-refractivity contribution is 6.01. The second kappa shape index (κ2) is 3.61. The van der Waals surface area contributed by atoms with Crippen LogP contribution >= 0.6 is 0 Å². The van der Waals surface area contributed by atoms with Crippen LogP contribution in [0.25, 0.3) is 11.2 Å². The van der Waals surface area contributed by atoms with Crippen molar-refractivity contribution in [2.45, 2.75) is 6.92 Å². The van der Waals surface area contributed by atoms with Crippen molar-refractivity contribution >= 4 is 23.0 Å². The van der Waals surface area contributed by atoms with Crippen molar-refractivity contribution in [1.29, 1.82) is 0 Å². The van der Waals surface area contributed by atoms with Gasteiger partial charge in [0.15, 0.2) is 11.2 Å². The Morgan fingerprint density at radius 1 is 1.56 bits per heavy atom. The van der Waals surface area contributed by atoms with Crippen LogP contribution in [0.1, 0.15) is 6.92 Å². The summed E-state index contributed by atoms with van der Waals surface area (Å²) in [5, 5.41) is 2.41. The number of fused-ring (bicyclic) bond motifs is 1. The molecule has 7 heteroatoms. The lowest BCUT2D eigenvalue weighted by molar-refractivity contribution is -0.112. The van der Waals surface area contributed by atoms with Gasteiger partial charge in [-0.05, 0) is 6.92 Å². The second-order valence-electron chi connectivity index (χ2n) is 3.25. The lowest BCUT2D eigenvalue weighted by Crippen LogP contribution is -2.18. The number of hydrogen-bond donors (Lipinski definition) is 3. The summed E-state index contributed by atoms with van der Waals surface area (Å²) >= 11 is 0. The molecule has 16 heavy (non-hydrogen) atoms. The summed E-state index contributed by atoms with van der Waals surface area (Å²) in [6.07, 6.45) is 1.36. The van der Waals surface area contributed by atoms with Gasteiger partial charge in [0.1, 0.15) is 0 Å². The maximum atomic E-state index is 11.5. The van der Waals surface area contributed by atoms with Gasteiger partial charge in [0, 0.05) is 5.57 Å². The predicted octanol–water partition coefficient (Wildman–Crippen LogP) is 0.161. The second-order valence-corrected chi connectivity index (χ2v) is 3.25. The van der Waals surface area contributed by atoms with Gasteiger partial charge in [-0.1, -0.05) is 6.58 Å². The van der Waals surface area contributed by atoms with Gasteiger partial charge in [-0.2, -0.15) is 4.98 Å². The van der Waals surface area contributed by atoms with Crippen LogP contribution in [0.2, 0.25) is 0 Å². The molecular weight excluding hydrogens is 210 g/mol. The molecule has 0 spiro atoms. The molecule has 0 aliphatic carbocycles. The van der Waals surface area contributed by atoms with Gasteiger partial charge in [0.05, 0.1) is 6.33 Å². The molecule has 2 heterocycles. The zero-order valence-electron chi connectivity index (χ0n) is 8.50. The van der Waals surface area contributed by atoms with Gasteiger partial charge in [0.25, 0.3) is 11.5 Å². The molecule has 0 aliphatic heterocycles. The van der Waals surface area contributed by atoms with Crippen LogP contribution in [0, 0.1) is 0 Å². The van der Waals surface area contributed by atoms with Crippen molar-refractivity contribution in [3.63, 3.8) is 0 Å². The number of rotatable bonds is 2. The Bertz CT molecular complexity index is 624. The number of anilines is 1. The molecule has 2 aromatic heterocycles. The summed E-state index contributed by atoms with van der Waals surface area (Å²) in [6.45, 7) is 5.03. The summed E-state index contributed by atoms with van der Waals surface area (Å²) in [5.74, 6) is -0.351. The number of aromatic amines is 2. The first kappa shape index (κ1) is 10.1. The molecule has 0 unspecified atom stereocenters. The van der Waals surface area contributed by atoms with E-state index in [0.29, 0.717) is 5.57 Å². The Kier molecular flexibility index (Phi) is 2.28. The summed E-state index contributed by atoms with van der Waals surface area (Å²) in [6, 6.07) is 0. The zero-order valence-corrected chi connectivity index (χ0v) is 8.50. The lowest BCUT2D eigenvalue weighted by Gasteiger charge is -2.02. The maximum Gasteiger partial charge on any atom is 0.278 e.